The second-order valence-electron chi connectivity index (χ2n) is 10.8. The van der Waals surface area contributed by atoms with E-state index in [-0.39, 0.29) is 42.5 Å². The molecule has 0 spiro atoms. The molecule has 40 heavy (non-hydrogen) atoms. The van der Waals surface area contributed by atoms with Crippen LogP contribution >= 0.6 is 0 Å². The Labute approximate surface area is 233 Å². The van der Waals surface area contributed by atoms with Gasteiger partial charge in [0.25, 0.3) is 5.69 Å². The number of rotatable bonds is 12. The number of ether oxygens (including phenoxy) is 2. The molecule has 1 saturated heterocycles. The normalized spacial score (nSPS) is 22.2. The summed E-state index contributed by atoms with van der Waals surface area (Å²) < 4.78 is 39.5. The van der Waals surface area contributed by atoms with Crippen LogP contribution in [0.1, 0.15) is 38.7 Å². The van der Waals surface area contributed by atoms with E-state index >= 15 is 0 Å². The van der Waals surface area contributed by atoms with E-state index in [1.807, 2.05) is 44.2 Å². The van der Waals surface area contributed by atoms with E-state index in [0.717, 1.165) is 47.8 Å². The van der Waals surface area contributed by atoms with Gasteiger partial charge in [-0.2, -0.15) is 4.31 Å². The summed E-state index contributed by atoms with van der Waals surface area (Å²) in [5.41, 5.74) is 0.371. The predicted octanol–water partition coefficient (Wildman–Crippen LogP) is 2.90. The van der Waals surface area contributed by atoms with Crippen molar-refractivity contribution in [2.75, 3.05) is 19.7 Å². The van der Waals surface area contributed by atoms with Crippen LogP contribution in [0.15, 0.2) is 53.7 Å². The highest BCUT2D eigenvalue weighted by molar-refractivity contribution is 7.89. The Morgan fingerprint density at radius 1 is 1.25 bits per heavy atom. The van der Waals surface area contributed by atoms with Crippen molar-refractivity contribution in [3.63, 3.8) is 0 Å². The van der Waals surface area contributed by atoms with Crippen LogP contribution in [-0.2, 0) is 25.9 Å². The quantitative estimate of drug-likeness (QED) is 0.286. The van der Waals surface area contributed by atoms with Crippen LogP contribution in [0.4, 0.5) is 10.5 Å². The summed E-state index contributed by atoms with van der Waals surface area (Å²) >= 11 is 0. The first-order valence-electron chi connectivity index (χ1n) is 13.4. The first kappa shape index (κ1) is 29.8. The molecular formula is C27H36N4O8S. The Bertz CT molecular complexity index is 1260. The number of carbonyl (C=O) groups excluding carboxylic acids is 1. The van der Waals surface area contributed by atoms with Gasteiger partial charge < -0.3 is 19.9 Å². The molecule has 12 nitrogen and oxygen atoms in total. The second-order valence-corrected chi connectivity index (χ2v) is 12.8. The Morgan fingerprint density at radius 2 is 2.00 bits per heavy atom. The third kappa shape index (κ3) is 7.53. The number of aliphatic hydroxyl groups excluding tert-OH is 1. The lowest BCUT2D eigenvalue weighted by atomic mass is 10.0. The third-order valence-corrected chi connectivity index (χ3v) is 9.05. The summed E-state index contributed by atoms with van der Waals surface area (Å²) in [4.78, 5) is 26.8. The summed E-state index contributed by atoms with van der Waals surface area (Å²) in [6.07, 6.45) is 2.33. The molecule has 218 valence electrons. The molecule has 0 bridgehead atoms. The van der Waals surface area contributed by atoms with E-state index in [1.165, 1.54) is 0 Å². The standard InChI is InChI=1S/C27H36N4O8S/c1-18(2)16-30(40(36,37)23-12-21(31(34)35)14-28-15-23)17-25(32)24(10-19-6-4-3-5-7-19)29-27(33)39-22-11-20-8-9-38-26(20)13-22/h3-7,12,14-15,18,20,22,24-26,32H,8-11,13,16-17H2,1-2H3,(H,29,33)/t20?,22?,24-,25+,26+/m0/s1. The number of benzene rings is 1. The Hall–Kier alpha value is -3.13. The van der Waals surface area contributed by atoms with Crippen LogP contribution in [0.5, 0.6) is 0 Å². The van der Waals surface area contributed by atoms with Crippen LogP contribution in [0.3, 0.4) is 0 Å². The maximum absolute atomic E-state index is 13.5. The molecule has 1 aliphatic carbocycles. The van der Waals surface area contributed by atoms with Crippen molar-refractivity contribution in [3.8, 4) is 0 Å². The molecule has 2 unspecified atom stereocenters. The average Bonchev–Trinajstić information content (AvgIpc) is 3.50. The van der Waals surface area contributed by atoms with Crippen LogP contribution in [0, 0.1) is 22.0 Å². The van der Waals surface area contributed by atoms with Gasteiger partial charge in [-0.1, -0.05) is 44.2 Å². The Morgan fingerprint density at radius 3 is 2.67 bits per heavy atom. The number of pyridine rings is 1. The van der Waals surface area contributed by atoms with Gasteiger partial charge >= 0.3 is 6.09 Å². The van der Waals surface area contributed by atoms with E-state index in [4.69, 9.17) is 9.47 Å². The van der Waals surface area contributed by atoms with Gasteiger partial charge in [-0.15, -0.1) is 0 Å². The second kappa shape index (κ2) is 13.0. The predicted molar refractivity (Wildman–Crippen MR) is 145 cm³/mol. The maximum Gasteiger partial charge on any atom is 0.407 e. The minimum Gasteiger partial charge on any atom is -0.446 e. The Balaban J connectivity index is 1.51. The van der Waals surface area contributed by atoms with Crippen LogP contribution < -0.4 is 5.32 Å². The van der Waals surface area contributed by atoms with Crippen molar-refractivity contribution in [2.45, 2.75) is 68.8 Å². The van der Waals surface area contributed by atoms with E-state index in [9.17, 15) is 28.4 Å². The van der Waals surface area contributed by atoms with Crippen molar-refractivity contribution in [1.82, 2.24) is 14.6 Å². The molecule has 1 amide bonds. The number of aliphatic hydroxyl groups is 1. The Kier molecular flexibility index (Phi) is 9.72. The number of nitro groups is 1. The molecule has 5 atom stereocenters. The van der Waals surface area contributed by atoms with Gasteiger partial charge in [-0.3, -0.25) is 15.1 Å². The maximum atomic E-state index is 13.5. The zero-order valence-corrected chi connectivity index (χ0v) is 23.4. The molecular weight excluding hydrogens is 540 g/mol. The summed E-state index contributed by atoms with van der Waals surface area (Å²) in [6, 6.07) is 9.28. The fourth-order valence-corrected chi connectivity index (χ4v) is 6.92. The number of sulfonamides is 1. The highest BCUT2D eigenvalue weighted by Gasteiger charge is 2.40. The summed E-state index contributed by atoms with van der Waals surface area (Å²) in [7, 11) is -4.26. The molecule has 2 heterocycles. The number of hydrogen-bond donors (Lipinski definition) is 2. The molecule has 1 saturated carbocycles. The molecule has 2 fully saturated rings. The first-order valence-corrected chi connectivity index (χ1v) is 14.9. The van der Waals surface area contributed by atoms with Crippen LogP contribution in [-0.4, -0.2) is 77.9 Å². The lowest BCUT2D eigenvalue weighted by molar-refractivity contribution is -0.385. The first-order chi connectivity index (χ1) is 19.0. The minimum atomic E-state index is -4.26. The number of hydrogen-bond acceptors (Lipinski definition) is 9. The number of amides is 1. The zero-order valence-electron chi connectivity index (χ0n) is 22.6. The van der Waals surface area contributed by atoms with E-state index < -0.39 is 38.9 Å². The fourth-order valence-electron chi connectivity index (χ4n) is 5.31. The molecule has 0 radical (unpaired) electrons. The van der Waals surface area contributed by atoms with Crippen LogP contribution in [0.2, 0.25) is 0 Å². The van der Waals surface area contributed by atoms with Gasteiger partial charge in [0.1, 0.15) is 17.2 Å². The number of nitrogens with zero attached hydrogens (tertiary/aromatic N) is 3. The van der Waals surface area contributed by atoms with Gasteiger partial charge in [0.05, 0.1) is 23.2 Å². The minimum absolute atomic E-state index is 0.0371. The van der Waals surface area contributed by atoms with Crippen molar-refractivity contribution < 1.29 is 32.7 Å². The van der Waals surface area contributed by atoms with E-state index in [1.54, 1.807) is 0 Å². The fraction of sp³-hybridized carbons (Fsp3) is 0.556. The third-order valence-electron chi connectivity index (χ3n) is 7.25. The number of carbonyl (C=O) groups is 1. The molecule has 1 aromatic heterocycles. The highest BCUT2D eigenvalue weighted by Crippen LogP contribution is 2.37. The van der Waals surface area contributed by atoms with Crippen molar-refractivity contribution in [1.29, 1.82) is 0 Å². The molecule has 2 aromatic rings. The number of nitrogens with one attached hydrogen (secondary N) is 1. The average molecular weight is 577 g/mol. The van der Waals surface area contributed by atoms with Crippen molar-refractivity contribution in [3.05, 3.63) is 64.5 Å². The number of fused-ring (bicyclic) bond motifs is 1. The van der Waals surface area contributed by atoms with E-state index in [0.29, 0.717) is 12.3 Å². The number of alkyl carbamates (subject to hydrolysis) is 1. The number of aromatic nitrogens is 1. The summed E-state index contributed by atoms with van der Waals surface area (Å²) in [5.74, 6) is 0.254. The lowest BCUT2D eigenvalue weighted by Gasteiger charge is -2.30. The largest absolute Gasteiger partial charge is 0.446 e. The van der Waals surface area contributed by atoms with Gasteiger partial charge in [0.2, 0.25) is 10.0 Å². The zero-order chi connectivity index (χ0) is 28.9. The van der Waals surface area contributed by atoms with Gasteiger partial charge in [0.15, 0.2) is 0 Å². The summed E-state index contributed by atoms with van der Waals surface area (Å²) in [5, 5.41) is 25.3. The van der Waals surface area contributed by atoms with Crippen LogP contribution in [0.25, 0.3) is 0 Å². The van der Waals surface area contributed by atoms with E-state index in [2.05, 4.69) is 10.3 Å². The van der Waals surface area contributed by atoms with Gasteiger partial charge in [-0.25, -0.2) is 13.2 Å². The molecule has 4 rings (SSSR count). The highest BCUT2D eigenvalue weighted by atomic mass is 32.2. The summed E-state index contributed by atoms with van der Waals surface area (Å²) in [6.45, 7) is 4.04. The molecule has 2 N–H and O–H groups in total. The molecule has 1 aliphatic heterocycles. The molecule has 13 heteroatoms. The topological polar surface area (TPSA) is 161 Å². The molecule has 2 aliphatic rings. The molecule has 1 aromatic carbocycles. The van der Waals surface area contributed by atoms with Gasteiger partial charge in [0, 0.05) is 38.4 Å². The SMILES string of the molecule is CC(C)CN(C[C@@H](O)[C@H](Cc1ccccc1)NC(=O)OC1CC2CCO[C@@H]2C1)S(=O)(=O)c1cncc([N+](=O)[O-])c1. The lowest BCUT2D eigenvalue weighted by Crippen LogP contribution is -2.51. The van der Waals surface area contributed by atoms with Crippen molar-refractivity contribution in [2.24, 2.45) is 11.8 Å². The van der Waals surface area contributed by atoms with Crippen molar-refractivity contribution >= 4 is 21.8 Å². The van der Waals surface area contributed by atoms with Gasteiger partial charge in [-0.05, 0) is 36.7 Å². The monoisotopic (exact) mass is 576 g/mol. The smallest absolute Gasteiger partial charge is 0.407 e.